The Morgan fingerprint density at radius 1 is 1.14 bits per heavy atom. The van der Waals surface area contributed by atoms with E-state index in [1.807, 2.05) is 0 Å². The quantitative estimate of drug-likeness (QED) is 0.843. The van der Waals surface area contributed by atoms with Crippen molar-refractivity contribution in [2.75, 3.05) is 6.54 Å². The summed E-state index contributed by atoms with van der Waals surface area (Å²) < 4.78 is 40.4. The molecule has 2 aromatic carbocycles. The maximum atomic E-state index is 12.4. The van der Waals surface area contributed by atoms with Crippen LogP contribution in [0.15, 0.2) is 55.1 Å². The number of carbonyl (C=O) groups excluding carboxylic acids is 2. The highest BCUT2D eigenvalue weighted by Gasteiger charge is 2.32. The third kappa shape index (κ3) is 4.16. The van der Waals surface area contributed by atoms with Crippen LogP contribution in [0.25, 0.3) is 5.70 Å². The second-order valence-electron chi connectivity index (χ2n) is 6.29. The fourth-order valence-corrected chi connectivity index (χ4v) is 2.97. The molecule has 1 heterocycles. The number of rotatable bonds is 5. The number of halogens is 3. The van der Waals surface area contributed by atoms with E-state index in [4.69, 9.17) is 0 Å². The normalized spacial score (nSPS) is 14.6. The van der Waals surface area contributed by atoms with Gasteiger partial charge in [-0.15, -0.1) is 13.2 Å². The lowest BCUT2D eigenvalue weighted by molar-refractivity contribution is -0.274. The molecular formula is C20H17F3N2O3. The highest BCUT2D eigenvalue weighted by Crippen LogP contribution is 2.31. The first kappa shape index (κ1) is 19.5. The zero-order valence-corrected chi connectivity index (χ0v) is 14.9. The molecule has 1 N–H and O–H groups in total. The standard InChI is InChI=1S/C20H17F3N2O3/c1-12(14-7-9-15(10-8-14)28-20(21,22)23)24-18(26)11-25-13(2)16-5-3-4-6-17(16)19(25)27/h3-10,12H,2,11H2,1H3,(H,24,26). The number of carbonyl (C=O) groups is 2. The Bertz CT molecular complexity index is 888. The number of nitrogens with one attached hydrogen (secondary N) is 1. The Morgan fingerprint density at radius 2 is 1.75 bits per heavy atom. The first-order valence-corrected chi connectivity index (χ1v) is 8.41. The molecule has 0 saturated heterocycles. The average Bonchev–Trinajstić information content (AvgIpc) is 2.86. The van der Waals surface area contributed by atoms with Crippen LogP contribution < -0.4 is 10.1 Å². The number of fused-ring (bicyclic) bond motifs is 1. The smallest absolute Gasteiger partial charge is 0.406 e. The Balaban J connectivity index is 1.61. The lowest BCUT2D eigenvalue weighted by atomic mass is 10.1. The third-order valence-corrected chi connectivity index (χ3v) is 4.33. The topological polar surface area (TPSA) is 58.6 Å². The monoisotopic (exact) mass is 390 g/mol. The molecule has 0 spiro atoms. The van der Waals surface area contributed by atoms with Crippen LogP contribution in [0.1, 0.15) is 34.5 Å². The van der Waals surface area contributed by atoms with E-state index >= 15 is 0 Å². The molecule has 2 amide bonds. The van der Waals surface area contributed by atoms with Crippen LogP contribution in [0.3, 0.4) is 0 Å². The summed E-state index contributed by atoms with van der Waals surface area (Å²) in [4.78, 5) is 26.1. The van der Waals surface area contributed by atoms with E-state index in [-0.39, 0.29) is 18.2 Å². The van der Waals surface area contributed by atoms with Crippen molar-refractivity contribution in [1.29, 1.82) is 0 Å². The molecule has 1 aliphatic rings. The predicted molar refractivity (Wildman–Crippen MR) is 96.2 cm³/mol. The maximum absolute atomic E-state index is 12.4. The molecule has 146 valence electrons. The fourth-order valence-electron chi connectivity index (χ4n) is 2.97. The average molecular weight is 390 g/mol. The van der Waals surface area contributed by atoms with Crippen LogP contribution in [-0.2, 0) is 4.79 Å². The van der Waals surface area contributed by atoms with Gasteiger partial charge in [0.25, 0.3) is 5.91 Å². The van der Waals surface area contributed by atoms with E-state index in [9.17, 15) is 22.8 Å². The van der Waals surface area contributed by atoms with Crippen molar-refractivity contribution in [2.24, 2.45) is 0 Å². The van der Waals surface area contributed by atoms with Crippen molar-refractivity contribution < 1.29 is 27.5 Å². The lowest BCUT2D eigenvalue weighted by Gasteiger charge is -2.20. The minimum Gasteiger partial charge on any atom is -0.406 e. The van der Waals surface area contributed by atoms with Crippen molar-refractivity contribution in [1.82, 2.24) is 10.2 Å². The van der Waals surface area contributed by atoms with E-state index < -0.39 is 18.3 Å². The zero-order chi connectivity index (χ0) is 20.5. The van der Waals surface area contributed by atoms with Gasteiger partial charge in [-0.3, -0.25) is 14.5 Å². The van der Waals surface area contributed by atoms with E-state index in [0.29, 0.717) is 22.4 Å². The summed E-state index contributed by atoms with van der Waals surface area (Å²) in [6.45, 7) is 5.36. The molecule has 0 aromatic heterocycles. The zero-order valence-electron chi connectivity index (χ0n) is 14.9. The van der Waals surface area contributed by atoms with Crippen LogP contribution in [0, 0.1) is 0 Å². The van der Waals surface area contributed by atoms with E-state index in [1.54, 1.807) is 31.2 Å². The van der Waals surface area contributed by atoms with E-state index in [2.05, 4.69) is 16.6 Å². The van der Waals surface area contributed by atoms with Crippen molar-refractivity contribution in [3.8, 4) is 5.75 Å². The maximum Gasteiger partial charge on any atom is 0.573 e. The van der Waals surface area contributed by atoms with Gasteiger partial charge in [-0.2, -0.15) is 0 Å². The Labute approximate surface area is 159 Å². The molecular weight excluding hydrogens is 373 g/mol. The van der Waals surface area contributed by atoms with Gasteiger partial charge in [-0.05, 0) is 30.7 Å². The second kappa shape index (κ2) is 7.38. The number of ether oxygens (including phenoxy) is 1. The second-order valence-corrected chi connectivity index (χ2v) is 6.29. The number of alkyl halides is 3. The van der Waals surface area contributed by atoms with Gasteiger partial charge in [0.1, 0.15) is 12.3 Å². The van der Waals surface area contributed by atoms with Gasteiger partial charge >= 0.3 is 6.36 Å². The summed E-state index contributed by atoms with van der Waals surface area (Å²) in [6, 6.07) is 11.7. The molecule has 1 unspecified atom stereocenters. The van der Waals surface area contributed by atoms with Gasteiger partial charge in [0.05, 0.1) is 6.04 Å². The molecule has 0 aliphatic carbocycles. The number of hydrogen-bond donors (Lipinski definition) is 1. The number of benzene rings is 2. The molecule has 28 heavy (non-hydrogen) atoms. The summed E-state index contributed by atoms with van der Waals surface area (Å²) in [6.07, 6.45) is -4.76. The van der Waals surface area contributed by atoms with Gasteiger partial charge in [-0.1, -0.05) is 36.9 Å². The number of nitrogens with zero attached hydrogens (tertiary/aromatic N) is 1. The van der Waals surface area contributed by atoms with Crippen LogP contribution in [0.5, 0.6) is 5.75 Å². The number of amides is 2. The van der Waals surface area contributed by atoms with E-state index in [0.717, 1.165) is 0 Å². The Morgan fingerprint density at radius 3 is 2.32 bits per heavy atom. The van der Waals surface area contributed by atoms with Gasteiger partial charge in [0, 0.05) is 16.8 Å². The fraction of sp³-hybridized carbons (Fsp3) is 0.200. The largest absolute Gasteiger partial charge is 0.573 e. The van der Waals surface area contributed by atoms with Gasteiger partial charge in [0.2, 0.25) is 5.91 Å². The van der Waals surface area contributed by atoms with Crippen LogP contribution in [0.2, 0.25) is 0 Å². The minimum absolute atomic E-state index is 0.202. The minimum atomic E-state index is -4.76. The van der Waals surface area contributed by atoms with Crippen molar-refractivity contribution >= 4 is 17.5 Å². The molecule has 5 nitrogen and oxygen atoms in total. The van der Waals surface area contributed by atoms with Crippen molar-refractivity contribution in [3.63, 3.8) is 0 Å². The predicted octanol–water partition coefficient (Wildman–Crippen LogP) is 3.89. The SMILES string of the molecule is C=C1c2ccccc2C(=O)N1CC(=O)NC(C)c1ccc(OC(F)(F)F)cc1. The summed E-state index contributed by atoms with van der Waals surface area (Å²) in [5, 5.41) is 2.72. The Kier molecular flexibility index (Phi) is 5.13. The van der Waals surface area contributed by atoms with E-state index in [1.165, 1.54) is 29.2 Å². The first-order chi connectivity index (χ1) is 13.2. The Hall–Kier alpha value is -3.29. The highest BCUT2D eigenvalue weighted by molar-refractivity contribution is 6.10. The van der Waals surface area contributed by atoms with Crippen molar-refractivity contribution in [2.45, 2.75) is 19.3 Å². The third-order valence-electron chi connectivity index (χ3n) is 4.33. The molecule has 3 rings (SSSR count). The van der Waals surface area contributed by atoms with Gasteiger partial charge < -0.3 is 10.1 Å². The molecule has 2 aromatic rings. The highest BCUT2D eigenvalue weighted by atomic mass is 19.4. The van der Waals surface area contributed by atoms with Crippen molar-refractivity contribution in [3.05, 3.63) is 71.8 Å². The summed E-state index contributed by atoms with van der Waals surface area (Å²) in [7, 11) is 0. The molecule has 0 saturated carbocycles. The molecule has 0 fully saturated rings. The summed E-state index contributed by atoms with van der Waals surface area (Å²) >= 11 is 0. The summed E-state index contributed by atoms with van der Waals surface area (Å²) in [5.74, 6) is -1.05. The number of hydrogen-bond acceptors (Lipinski definition) is 3. The van der Waals surface area contributed by atoms with Crippen LogP contribution in [-0.4, -0.2) is 29.6 Å². The molecule has 0 bridgehead atoms. The lowest BCUT2D eigenvalue weighted by Crippen LogP contribution is -2.37. The van der Waals surface area contributed by atoms with Gasteiger partial charge in [-0.25, -0.2) is 0 Å². The van der Waals surface area contributed by atoms with Crippen LogP contribution >= 0.6 is 0 Å². The van der Waals surface area contributed by atoms with Gasteiger partial charge in [0.15, 0.2) is 0 Å². The molecule has 1 aliphatic heterocycles. The molecule has 1 atom stereocenters. The first-order valence-electron chi connectivity index (χ1n) is 8.41. The molecule has 0 radical (unpaired) electrons. The molecule has 8 heteroatoms. The van der Waals surface area contributed by atoms with Crippen LogP contribution in [0.4, 0.5) is 13.2 Å². The summed E-state index contributed by atoms with van der Waals surface area (Å²) in [5.41, 5.74) is 2.23.